The highest BCUT2D eigenvalue weighted by Gasteiger charge is 2.17. The minimum absolute atomic E-state index is 0.640. The number of hydrogen-bond donors (Lipinski definition) is 1. The third kappa shape index (κ3) is 1.83. The van der Waals surface area contributed by atoms with Gasteiger partial charge in [0.2, 0.25) is 0 Å². The van der Waals surface area contributed by atoms with Gasteiger partial charge in [-0.25, -0.2) is 0 Å². The van der Waals surface area contributed by atoms with Crippen LogP contribution in [0.15, 0.2) is 16.9 Å². The SMILES string of the molecule is Nc1cncc(Br)c1N1CCCCO1. The predicted octanol–water partition coefficient (Wildman–Crippen LogP) is 1.96. The second kappa shape index (κ2) is 4.14. The van der Waals surface area contributed by atoms with Gasteiger partial charge in [-0.3, -0.25) is 14.9 Å². The Hall–Kier alpha value is -0.810. The van der Waals surface area contributed by atoms with Crippen LogP contribution in [0.1, 0.15) is 12.8 Å². The fourth-order valence-electron chi connectivity index (χ4n) is 1.48. The lowest BCUT2D eigenvalue weighted by Gasteiger charge is -2.29. The van der Waals surface area contributed by atoms with E-state index in [1.807, 2.05) is 5.06 Å². The van der Waals surface area contributed by atoms with Crippen molar-refractivity contribution in [2.24, 2.45) is 0 Å². The second-order valence-corrected chi connectivity index (χ2v) is 4.06. The van der Waals surface area contributed by atoms with Gasteiger partial charge < -0.3 is 5.73 Å². The average molecular weight is 258 g/mol. The lowest BCUT2D eigenvalue weighted by Crippen LogP contribution is -2.30. The van der Waals surface area contributed by atoms with Crippen LogP contribution in [0.4, 0.5) is 11.4 Å². The molecule has 1 aliphatic heterocycles. The quantitative estimate of drug-likeness (QED) is 0.836. The largest absolute Gasteiger partial charge is 0.396 e. The topological polar surface area (TPSA) is 51.4 Å². The molecule has 0 radical (unpaired) electrons. The van der Waals surface area contributed by atoms with Crippen molar-refractivity contribution in [3.8, 4) is 0 Å². The van der Waals surface area contributed by atoms with Gasteiger partial charge >= 0.3 is 0 Å². The van der Waals surface area contributed by atoms with Crippen LogP contribution >= 0.6 is 15.9 Å². The van der Waals surface area contributed by atoms with Crippen LogP contribution in [0.25, 0.3) is 0 Å². The van der Waals surface area contributed by atoms with E-state index in [0.717, 1.165) is 36.2 Å². The lowest BCUT2D eigenvalue weighted by atomic mass is 10.2. The molecule has 0 unspecified atom stereocenters. The number of rotatable bonds is 1. The summed E-state index contributed by atoms with van der Waals surface area (Å²) >= 11 is 3.42. The molecular formula is C9H12BrN3O. The molecule has 2 heterocycles. The number of anilines is 2. The van der Waals surface area contributed by atoms with Gasteiger partial charge in [0.1, 0.15) is 5.69 Å². The number of nitrogens with two attached hydrogens (primary N) is 1. The Balaban J connectivity index is 2.29. The van der Waals surface area contributed by atoms with Crippen molar-refractivity contribution in [2.75, 3.05) is 23.9 Å². The van der Waals surface area contributed by atoms with Crippen LogP contribution in [0, 0.1) is 0 Å². The van der Waals surface area contributed by atoms with Crippen LogP contribution in [-0.2, 0) is 4.84 Å². The molecule has 1 aromatic heterocycles. The third-order valence-electron chi connectivity index (χ3n) is 2.15. The van der Waals surface area contributed by atoms with E-state index in [1.54, 1.807) is 12.4 Å². The van der Waals surface area contributed by atoms with Crippen molar-refractivity contribution in [2.45, 2.75) is 12.8 Å². The van der Waals surface area contributed by atoms with E-state index >= 15 is 0 Å². The molecule has 1 saturated heterocycles. The highest BCUT2D eigenvalue weighted by atomic mass is 79.9. The first-order valence-electron chi connectivity index (χ1n) is 4.58. The van der Waals surface area contributed by atoms with Crippen molar-refractivity contribution in [3.05, 3.63) is 16.9 Å². The number of nitrogen functional groups attached to an aromatic ring is 1. The smallest absolute Gasteiger partial charge is 0.104 e. The van der Waals surface area contributed by atoms with Crippen molar-refractivity contribution >= 4 is 27.3 Å². The number of halogens is 1. The van der Waals surface area contributed by atoms with Gasteiger partial charge in [0.15, 0.2) is 0 Å². The number of hydrogen-bond acceptors (Lipinski definition) is 4. The molecule has 1 aromatic rings. The Bertz CT molecular complexity index is 306. The molecule has 0 atom stereocenters. The summed E-state index contributed by atoms with van der Waals surface area (Å²) in [6.45, 7) is 1.64. The number of nitrogens with zero attached hydrogens (tertiary/aromatic N) is 2. The van der Waals surface area contributed by atoms with Gasteiger partial charge in [-0.05, 0) is 28.8 Å². The molecule has 0 amide bonds. The predicted molar refractivity (Wildman–Crippen MR) is 58.9 cm³/mol. The molecule has 2 N–H and O–H groups in total. The fraction of sp³-hybridized carbons (Fsp3) is 0.444. The zero-order valence-electron chi connectivity index (χ0n) is 7.74. The number of pyridine rings is 1. The molecule has 0 aromatic carbocycles. The standard InChI is InChI=1S/C9H12BrN3O/c10-7-5-12-6-8(11)9(7)13-3-1-2-4-14-13/h5-6H,1-4,11H2. The maximum absolute atomic E-state index is 5.84. The van der Waals surface area contributed by atoms with Gasteiger partial charge in [-0.15, -0.1) is 0 Å². The molecule has 4 nitrogen and oxygen atoms in total. The van der Waals surface area contributed by atoms with E-state index in [2.05, 4.69) is 20.9 Å². The van der Waals surface area contributed by atoms with Crippen LogP contribution in [0.5, 0.6) is 0 Å². The molecule has 1 fully saturated rings. The van der Waals surface area contributed by atoms with Crippen LogP contribution < -0.4 is 10.8 Å². The van der Waals surface area contributed by atoms with Gasteiger partial charge in [0, 0.05) is 12.7 Å². The second-order valence-electron chi connectivity index (χ2n) is 3.20. The van der Waals surface area contributed by atoms with Crippen LogP contribution in [-0.4, -0.2) is 18.1 Å². The van der Waals surface area contributed by atoms with Crippen molar-refractivity contribution in [1.29, 1.82) is 0 Å². The maximum atomic E-state index is 5.84. The normalized spacial score (nSPS) is 17.1. The van der Waals surface area contributed by atoms with Crippen molar-refractivity contribution in [1.82, 2.24) is 4.98 Å². The zero-order chi connectivity index (χ0) is 9.97. The summed E-state index contributed by atoms with van der Waals surface area (Å²) in [5.74, 6) is 0. The lowest BCUT2D eigenvalue weighted by molar-refractivity contribution is 0.0778. The molecule has 0 bridgehead atoms. The number of hydroxylamine groups is 1. The van der Waals surface area contributed by atoms with Gasteiger partial charge in [-0.1, -0.05) is 0 Å². The minimum atomic E-state index is 0.640. The number of aromatic nitrogens is 1. The molecule has 0 aliphatic carbocycles. The summed E-state index contributed by atoms with van der Waals surface area (Å²) in [5.41, 5.74) is 7.37. The molecule has 1 aliphatic rings. The van der Waals surface area contributed by atoms with Crippen LogP contribution in [0.2, 0.25) is 0 Å². The van der Waals surface area contributed by atoms with E-state index in [9.17, 15) is 0 Å². The Labute approximate surface area is 91.1 Å². The van der Waals surface area contributed by atoms with E-state index < -0.39 is 0 Å². The molecule has 14 heavy (non-hydrogen) atoms. The summed E-state index contributed by atoms with van der Waals surface area (Å²) in [6, 6.07) is 0. The summed E-state index contributed by atoms with van der Waals surface area (Å²) < 4.78 is 0.874. The maximum Gasteiger partial charge on any atom is 0.104 e. The van der Waals surface area contributed by atoms with E-state index in [0.29, 0.717) is 5.69 Å². The molecule has 76 valence electrons. The fourth-order valence-corrected chi connectivity index (χ4v) is 2.02. The van der Waals surface area contributed by atoms with E-state index in [4.69, 9.17) is 10.6 Å². The molecular weight excluding hydrogens is 246 g/mol. The first kappa shape index (κ1) is 9.73. The van der Waals surface area contributed by atoms with Gasteiger partial charge in [-0.2, -0.15) is 0 Å². The Morgan fingerprint density at radius 3 is 2.93 bits per heavy atom. The van der Waals surface area contributed by atoms with E-state index in [1.165, 1.54) is 0 Å². The Kier molecular flexibility index (Phi) is 2.88. The Morgan fingerprint density at radius 1 is 1.43 bits per heavy atom. The zero-order valence-corrected chi connectivity index (χ0v) is 9.33. The van der Waals surface area contributed by atoms with Gasteiger partial charge in [0.25, 0.3) is 0 Å². The van der Waals surface area contributed by atoms with Crippen molar-refractivity contribution in [3.63, 3.8) is 0 Å². The minimum Gasteiger partial charge on any atom is -0.396 e. The summed E-state index contributed by atoms with van der Waals surface area (Å²) in [5, 5.41) is 1.84. The first-order chi connectivity index (χ1) is 6.79. The highest BCUT2D eigenvalue weighted by Crippen LogP contribution is 2.32. The average Bonchev–Trinajstić information content (AvgIpc) is 2.19. The summed E-state index contributed by atoms with van der Waals surface area (Å²) in [4.78, 5) is 9.51. The molecule has 0 saturated carbocycles. The van der Waals surface area contributed by atoms with Gasteiger partial charge in [0.05, 0.1) is 23.0 Å². The molecule has 5 heteroatoms. The monoisotopic (exact) mass is 257 g/mol. The summed E-state index contributed by atoms with van der Waals surface area (Å²) in [7, 11) is 0. The summed E-state index contributed by atoms with van der Waals surface area (Å²) in [6.07, 6.45) is 5.61. The van der Waals surface area contributed by atoms with E-state index in [-0.39, 0.29) is 0 Å². The Morgan fingerprint density at radius 2 is 2.29 bits per heavy atom. The third-order valence-corrected chi connectivity index (χ3v) is 2.73. The highest BCUT2D eigenvalue weighted by molar-refractivity contribution is 9.10. The van der Waals surface area contributed by atoms with Crippen molar-refractivity contribution < 1.29 is 4.84 Å². The molecule has 2 rings (SSSR count). The van der Waals surface area contributed by atoms with Crippen LogP contribution in [0.3, 0.4) is 0 Å². The molecule has 0 spiro atoms. The first-order valence-corrected chi connectivity index (χ1v) is 5.38.